The highest BCUT2D eigenvalue weighted by Crippen LogP contribution is 2.30. The molecule has 1 amide bonds. The molecule has 0 bridgehead atoms. The quantitative estimate of drug-likeness (QED) is 0.832. The topological polar surface area (TPSA) is 29.1 Å². The summed E-state index contributed by atoms with van der Waals surface area (Å²) in [7, 11) is 0. The second-order valence-corrected chi connectivity index (χ2v) is 4.75. The zero-order chi connectivity index (χ0) is 16.2. The molecule has 22 heavy (non-hydrogen) atoms. The second-order valence-electron chi connectivity index (χ2n) is 4.75. The molecule has 2 aromatic carbocycles. The van der Waals surface area contributed by atoms with E-state index in [0.29, 0.717) is 6.42 Å². The van der Waals surface area contributed by atoms with E-state index < -0.39 is 17.6 Å². The summed E-state index contributed by atoms with van der Waals surface area (Å²) in [6.45, 7) is 0. The van der Waals surface area contributed by atoms with Crippen LogP contribution in [0.2, 0.25) is 0 Å². The Kier molecular flexibility index (Phi) is 4.80. The molecule has 0 atom stereocenters. The molecule has 2 aromatic rings. The molecule has 0 heterocycles. The van der Waals surface area contributed by atoms with E-state index in [0.717, 1.165) is 17.7 Å². The van der Waals surface area contributed by atoms with Gasteiger partial charge in [0.1, 0.15) is 5.82 Å². The maximum atomic E-state index is 12.7. The Labute approximate surface area is 124 Å². The van der Waals surface area contributed by atoms with Gasteiger partial charge in [-0.1, -0.05) is 18.2 Å². The van der Waals surface area contributed by atoms with Gasteiger partial charge in [-0.05, 0) is 42.3 Å². The zero-order valence-corrected chi connectivity index (χ0v) is 11.5. The van der Waals surface area contributed by atoms with Crippen LogP contribution in [0.3, 0.4) is 0 Å². The van der Waals surface area contributed by atoms with Gasteiger partial charge in [0, 0.05) is 12.1 Å². The van der Waals surface area contributed by atoms with Crippen LogP contribution in [0, 0.1) is 5.82 Å². The van der Waals surface area contributed by atoms with Gasteiger partial charge in [0.05, 0.1) is 5.56 Å². The van der Waals surface area contributed by atoms with Gasteiger partial charge in [-0.2, -0.15) is 13.2 Å². The molecule has 0 saturated heterocycles. The van der Waals surface area contributed by atoms with Crippen LogP contribution >= 0.6 is 0 Å². The Balaban J connectivity index is 1.93. The van der Waals surface area contributed by atoms with Crippen molar-refractivity contribution in [3.8, 4) is 0 Å². The molecule has 0 spiro atoms. The van der Waals surface area contributed by atoms with E-state index in [4.69, 9.17) is 0 Å². The highest BCUT2D eigenvalue weighted by molar-refractivity contribution is 5.90. The molecule has 0 aliphatic carbocycles. The highest BCUT2D eigenvalue weighted by Gasteiger charge is 2.30. The van der Waals surface area contributed by atoms with Crippen molar-refractivity contribution < 1.29 is 22.4 Å². The number of nitrogens with one attached hydrogen (secondary N) is 1. The predicted octanol–water partition coefficient (Wildman–Crippen LogP) is 4.42. The number of hydrogen-bond donors (Lipinski definition) is 1. The minimum Gasteiger partial charge on any atom is -0.326 e. The lowest BCUT2D eigenvalue weighted by Crippen LogP contribution is -2.13. The number of hydrogen-bond acceptors (Lipinski definition) is 1. The highest BCUT2D eigenvalue weighted by atomic mass is 19.4. The summed E-state index contributed by atoms with van der Waals surface area (Å²) in [5.41, 5.74) is 0.0587. The Bertz CT molecular complexity index is 650. The number of carbonyl (C=O) groups is 1. The van der Waals surface area contributed by atoms with Crippen molar-refractivity contribution >= 4 is 11.6 Å². The molecular formula is C16H13F4NO. The van der Waals surface area contributed by atoms with Crippen molar-refractivity contribution in [2.24, 2.45) is 0 Å². The fourth-order valence-corrected chi connectivity index (χ4v) is 1.91. The maximum absolute atomic E-state index is 12.7. The molecule has 1 N–H and O–H groups in total. The van der Waals surface area contributed by atoms with E-state index in [2.05, 4.69) is 5.32 Å². The van der Waals surface area contributed by atoms with E-state index in [1.165, 1.54) is 24.3 Å². The third kappa shape index (κ3) is 4.58. The van der Waals surface area contributed by atoms with Gasteiger partial charge in [0.25, 0.3) is 0 Å². The van der Waals surface area contributed by atoms with Gasteiger partial charge in [-0.3, -0.25) is 4.79 Å². The zero-order valence-electron chi connectivity index (χ0n) is 11.5. The van der Waals surface area contributed by atoms with Crippen molar-refractivity contribution in [1.29, 1.82) is 0 Å². The van der Waals surface area contributed by atoms with Crippen LogP contribution < -0.4 is 5.32 Å². The predicted molar refractivity (Wildman–Crippen MR) is 74.8 cm³/mol. The lowest BCUT2D eigenvalue weighted by molar-refractivity contribution is -0.137. The summed E-state index contributed by atoms with van der Waals surface area (Å²) in [6, 6.07) is 10.2. The van der Waals surface area contributed by atoms with Crippen LogP contribution in [0.15, 0.2) is 48.5 Å². The number of amides is 1. The molecule has 2 rings (SSSR count). The first-order chi connectivity index (χ1) is 10.3. The van der Waals surface area contributed by atoms with Gasteiger partial charge in [0.15, 0.2) is 0 Å². The average Bonchev–Trinajstić information content (AvgIpc) is 2.46. The fraction of sp³-hybridized carbons (Fsp3) is 0.188. The first kappa shape index (κ1) is 16.0. The summed E-state index contributed by atoms with van der Waals surface area (Å²) in [5.74, 6) is -0.763. The standard InChI is InChI=1S/C16H13F4NO/c17-13-7-4-11(5-8-13)6-9-15(22)21-14-3-1-2-12(10-14)16(18,19)20/h1-5,7-8,10H,6,9H2,(H,21,22). The van der Waals surface area contributed by atoms with Crippen molar-refractivity contribution in [2.45, 2.75) is 19.0 Å². The van der Waals surface area contributed by atoms with Crippen LogP contribution in [0.5, 0.6) is 0 Å². The van der Waals surface area contributed by atoms with Gasteiger partial charge in [-0.15, -0.1) is 0 Å². The number of anilines is 1. The van der Waals surface area contributed by atoms with Crippen molar-refractivity contribution in [3.63, 3.8) is 0 Å². The summed E-state index contributed by atoms with van der Waals surface area (Å²) in [4.78, 5) is 11.7. The van der Waals surface area contributed by atoms with Crippen LogP contribution in [-0.4, -0.2) is 5.91 Å². The second kappa shape index (κ2) is 6.60. The summed E-state index contributed by atoms with van der Waals surface area (Å²) >= 11 is 0. The third-order valence-corrected chi connectivity index (χ3v) is 3.03. The minimum absolute atomic E-state index is 0.0962. The fourth-order valence-electron chi connectivity index (χ4n) is 1.91. The van der Waals surface area contributed by atoms with Crippen molar-refractivity contribution in [3.05, 3.63) is 65.5 Å². The van der Waals surface area contributed by atoms with Crippen molar-refractivity contribution in [1.82, 2.24) is 0 Å². The van der Waals surface area contributed by atoms with E-state index >= 15 is 0 Å². The summed E-state index contributed by atoms with van der Waals surface area (Å²) < 4.78 is 50.4. The van der Waals surface area contributed by atoms with Gasteiger partial charge < -0.3 is 5.32 Å². The molecule has 2 nitrogen and oxygen atoms in total. The first-order valence-corrected chi connectivity index (χ1v) is 6.56. The Morgan fingerprint density at radius 1 is 1.05 bits per heavy atom. The number of aryl methyl sites for hydroxylation is 1. The van der Waals surface area contributed by atoms with Gasteiger partial charge in [0.2, 0.25) is 5.91 Å². The molecule has 116 valence electrons. The third-order valence-electron chi connectivity index (χ3n) is 3.03. The number of carbonyl (C=O) groups excluding carboxylic acids is 1. The maximum Gasteiger partial charge on any atom is 0.416 e. The summed E-state index contributed by atoms with van der Waals surface area (Å²) in [5, 5.41) is 2.42. The molecule has 0 radical (unpaired) electrons. The first-order valence-electron chi connectivity index (χ1n) is 6.56. The average molecular weight is 311 g/mol. The number of benzene rings is 2. The summed E-state index contributed by atoms with van der Waals surface area (Å²) in [6.07, 6.45) is -3.97. The molecule has 0 saturated carbocycles. The largest absolute Gasteiger partial charge is 0.416 e. The Morgan fingerprint density at radius 2 is 1.73 bits per heavy atom. The van der Waals surface area contributed by atoms with E-state index in [1.807, 2.05) is 0 Å². The monoisotopic (exact) mass is 311 g/mol. The van der Waals surface area contributed by atoms with Crippen LogP contribution in [0.4, 0.5) is 23.2 Å². The van der Waals surface area contributed by atoms with Crippen LogP contribution in [0.25, 0.3) is 0 Å². The Morgan fingerprint density at radius 3 is 2.36 bits per heavy atom. The molecular weight excluding hydrogens is 298 g/mol. The van der Waals surface area contributed by atoms with E-state index in [-0.39, 0.29) is 17.9 Å². The molecule has 6 heteroatoms. The number of rotatable bonds is 4. The normalized spacial score (nSPS) is 11.3. The molecule has 0 aromatic heterocycles. The van der Waals surface area contributed by atoms with Crippen molar-refractivity contribution in [2.75, 3.05) is 5.32 Å². The SMILES string of the molecule is O=C(CCc1ccc(F)cc1)Nc1cccc(C(F)(F)F)c1. The molecule has 0 aliphatic rings. The lowest BCUT2D eigenvalue weighted by atomic mass is 10.1. The van der Waals surface area contributed by atoms with Gasteiger partial charge in [-0.25, -0.2) is 4.39 Å². The van der Waals surface area contributed by atoms with E-state index in [1.54, 1.807) is 12.1 Å². The lowest BCUT2D eigenvalue weighted by Gasteiger charge is -2.10. The number of alkyl halides is 3. The minimum atomic E-state index is -4.45. The Hall–Kier alpha value is -2.37. The van der Waals surface area contributed by atoms with Crippen LogP contribution in [-0.2, 0) is 17.4 Å². The van der Waals surface area contributed by atoms with E-state index in [9.17, 15) is 22.4 Å². The smallest absolute Gasteiger partial charge is 0.326 e. The molecule has 0 unspecified atom stereocenters. The molecule has 0 fully saturated rings. The number of halogens is 4. The van der Waals surface area contributed by atoms with Gasteiger partial charge >= 0.3 is 6.18 Å². The van der Waals surface area contributed by atoms with Crippen LogP contribution in [0.1, 0.15) is 17.5 Å². The molecule has 0 aliphatic heterocycles.